The van der Waals surface area contributed by atoms with Crippen LogP contribution in [-0.4, -0.2) is 30.1 Å². The molecule has 0 saturated heterocycles. The molecule has 35 heavy (non-hydrogen) atoms. The highest BCUT2D eigenvalue weighted by atomic mass is 32.1. The van der Waals surface area contributed by atoms with Gasteiger partial charge in [0.05, 0.1) is 35.9 Å². The molecule has 0 radical (unpaired) electrons. The van der Waals surface area contributed by atoms with Gasteiger partial charge in [-0.15, -0.1) is 0 Å². The number of nitrogens with zero attached hydrogens (tertiary/aromatic N) is 2. The number of carbonyl (C=O) groups is 2. The van der Waals surface area contributed by atoms with Crippen LogP contribution >= 0.6 is 11.3 Å². The first-order valence-corrected chi connectivity index (χ1v) is 12.0. The Kier molecular flexibility index (Phi) is 5.86. The molecular weight excluding hydrogens is 468 g/mol. The van der Waals surface area contributed by atoms with Crippen LogP contribution in [-0.2, 0) is 4.74 Å². The largest absolute Gasteiger partial charge is 0.494 e. The van der Waals surface area contributed by atoms with Gasteiger partial charge in [0.1, 0.15) is 16.2 Å². The first-order chi connectivity index (χ1) is 16.9. The van der Waals surface area contributed by atoms with Crippen LogP contribution in [0, 0.1) is 6.92 Å². The number of amides is 1. The molecule has 178 valence electrons. The van der Waals surface area contributed by atoms with Crippen LogP contribution in [0.15, 0.2) is 57.7 Å². The predicted octanol–water partition coefficient (Wildman–Crippen LogP) is 4.88. The molecule has 1 atom stereocenters. The number of esters is 1. The molecule has 8 nitrogen and oxygen atoms in total. The maximum Gasteiger partial charge on any atom is 0.350 e. The Morgan fingerprint density at radius 2 is 1.91 bits per heavy atom. The van der Waals surface area contributed by atoms with Gasteiger partial charge in [0.2, 0.25) is 5.76 Å². The fourth-order valence-corrected chi connectivity index (χ4v) is 5.23. The molecular formula is C26H22N2O6S. The number of benzene rings is 2. The third-order valence-corrected chi connectivity index (χ3v) is 6.85. The molecule has 3 heterocycles. The van der Waals surface area contributed by atoms with E-state index in [0.717, 1.165) is 11.3 Å². The third kappa shape index (κ3) is 3.77. The zero-order chi connectivity index (χ0) is 24.7. The second-order valence-corrected chi connectivity index (χ2v) is 8.86. The van der Waals surface area contributed by atoms with Crippen molar-refractivity contribution in [2.75, 3.05) is 18.1 Å². The lowest BCUT2D eigenvalue weighted by molar-refractivity contribution is 0.0531. The fourth-order valence-electron chi connectivity index (χ4n) is 4.24. The van der Waals surface area contributed by atoms with Gasteiger partial charge in [-0.25, -0.2) is 9.78 Å². The van der Waals surface area contributed by atoms with Gasteiger partial charge in [0, 0.05) is 0 Å². The number of carbonyl (C=O) groups excluding carboxylic acids is 2. The molecule has 0 spiro atoms. The number of ether oxygens (including phenoxy) is 2. The highest BCUT2D eigenvalue weighted by Crippen LogP contribution is 2.43. The molecule has 9 heteroatoms. The van der Waals surface area contributed by atoms with Crippen molar-refractivity contribution in [2.45, 2.75) is 26.8 Å². The summed E-state index contributed by atoms with van der Waals surface area (Å²) in [5.74, 6) is -0.434. The highest BCUT2D eigenvalue weighted by Gasteiger charge is 2.45. The van der Waals surface area contributed by atoms with E-state index in [1.807, 2.05) is 19.1 Å². The van der Waals surface area contributed by atoms with Crippen molar-refractivity contribution in [1.29, 1.82) is 0 Å². The first-order valence-electron chi connectivity index (χ1n) is 11.2. The lowest BCUT2D eigenvalue weighted by Crippen LogP contribution is -2.29. The Hall–Kier alpha value is -3.98. The topological polar surface area (TPSA) is 98.9 Å². The zero-order valence-electron chi connectivity index (χ0n) is 19.4. The average molecular weight is 491 g/mol. The minimum atomic E-state index is -0.806. The van der Waals surface area contributed by atoms with E-state index in [1.54, 1.807) is 50.2 Å². The molecule has 0 unspecified atom stereocenters. The summed E-state index contributed by atoms with van der Waals surface area (Å²) in [4.78, 5) is 46.0. The molecule has 2 aromatic carbocycles. The van der Waals surface area contributed by atoms with Crippen molar-refractivity contribution in [3.8, 4) is 5.75 Å². The monoisotopic (exact) mass is 490 g/mol. The zero-order valence-corrected chi connectivity index (χ0v) is 20.2. The quantitative estimate of drug-likeness (QED) is 0.355. The van der Waals surface area contributed by atoms with Gasteiger partial charge in [-0.1, -0.05) is 35.6 Å². The standard InChI is InChI=1S/C26H22N2O6S/c1-4-32-16-10-8-9-15(13-16)20-19-21(29)17-11-6-7-12-18(17)34-22(19)24(30)28(20)26-27-14(3)23(35-26)25(31)33-5-2/h6-13,20H,4-5H2,1-3H3/t20-/m1/s1. The van der Waals surface area contributed by atoms with Crippen molar-refractivity contribution >= 4 is 39.3 Å². The Morgan fingerprint density at radius 1 is 1.11 bits per heavy atom. The van der Waals surface area contributed by atoms with Crippen LogP contribution in [0.1, 0.15) is 56.9 Å². The van der Waals surface area contributed by atoms with E-state index in [2.05, 4.69) is 4.98 Å². The second-order valence-electron chi connectivity index (χ2n) is 7.88. The van der Waals surface area contributed by atoms with Gasteiger partial charge in [-0.05, 0) is 50.6 Å². The van der Waals surface area contributed by atoms with Crippen LogP contribution in [0.4, 0.5) is 5.13 Å². The SMILES string of the molecule is CCOC(=O)c1sc(N2C(=O)c3oc4ccccc4c(=O)c3[C@H]2c2cccc(OCC)c2)nc1C. The van der Waals surface area contributed by atoms with Crippen LogP contribution in [0.3, 0.4) is 0 Å². The maximum absolute atomic E-state index is 13.7. The number of anilines is 1. The summed E-state index contributed by atoms with van der Waals surface area (Å²) in [6.45, 7) is 5.97. The Labute approximate surface area is 204 Å². The van der Waals surface area contributed by atoms with E-state index in [4.69, 9.17) is 13.9 Å². The highest BCUT2D eigenvalue weighted by molar-refractivity contribution is 7.17. The smallest absolute Gasteiger partial charge is 0.350 e. The minimum absolute atomic E-state index is 0.0361. The summed E-state index contributed by atoms with van der Waals surface area (Å²) >= 11 is 1.05. The van der Waals surface area contributed by atoms with Gasteiger partial charge < -0.3 is 13.9 Å². The molecule has 1 amide bonds. The number of para-hydroxylation sites is 1. The molecule has 2 aromatic heterocycles. The van der Waals surface area contributed by atoms with Gasteiger partial charge in [-0.3, -0.25) is 14.5 Å². The number of aromatic nitrogens is 1. The summed E-state index contributed by atoms with van der Waals surface area (Å²) in [5, 5.41) is 0.659. The number of hydrogen-bond donors (Lipinski definition) is 0. The Morgan fingerprint density at radius 3 is 2.69 bits per heavy atom. The lowest BCUT2D eigenvalue weighted by Gasteiger charge is -2.23. The van der Waals surface area contributed by atoms with Gasteiger partial charge in [0.15, 0.2) is 10.6 Å². The van der Waals surface area contributed by atoms with Crippen LogP contribution < -0.4 is 15.1 Å². The summed E-state index contributed by atoms with van der Waals surface area (Å²) in [6, 6.07) is 13.3. The van der Waals surface area contributed by atoms with Gasteiger partial charge in [0.25, 0.3) is 5.91 Å². The lowest BCUT2D eigenvalue weighted by atomic mass is 9.98. The molecule has 1 aliphatic heterocycles. The number of rotatable bonds is 6. The summed E-state index contributed by atoms with van der Waals surface area (Å²) < 4.78 is 16.8. The maximum atomic E-state index is 13.7. The molecule has 0 bridgehead atoms. The fraction of sp³-hybridized carbons (Fsp3) is 0.231. The number of thiazole rings is 1. The molecule has 0 aliphatic carbocycles. The van der Waals surface area contributed by atoms with Gasteiger partial charge >= 0.3 is 5.97 Å². The van der Waals surface area contributed by atoms with Crippen LogP contribution in [0.2, 0.25) is 0 Å². The molecule has 0 N–H and O–H groups in total. The summed E-state index contributed by atoms with van der Waals surface area (Å²) in [7, 11) is 0. The van der Waals surface area contributed by atoms with E-state index < -0.39 is 17.9 Å². The van der Waals surface area contributed by atoms with E-state index in [1.165, 1.54) is 4.90 Å². The van der Waals surface area contributed by atoms with Crippen molar-refractivity contribution in [2.24, 2.45) is 0 Å². The molecule has 0 saturated carbocycles. The van der Waals surface area contributed by atoms with E-state index in [-0.39, 0.29) is 28.5 Å². The average Bonchev–Trinajstić information content (AvgIpc) is 3.37. The Balaban J connectivity index is 1.74. The van der Waals surface area contributed by atoms with Crippen LogP contribution in [0.5, 0.6) is 5.75 Å². The summed E-state index contributed by atoms with van der Waals surface area (Å²) in [5.41, 5.74) is 1.38. The number of fused-ring (bicyclic) bond motifs is 2. The van der Waals surface area contributed by atoms with E-state index >= 15 is 0 Å². The van der Waals surface area contributed by atoms with Gasteiger partial charge in [-0.2, -0.15) is 0 Å². The van der Waals surface area contributed by atoms with Crippen molar-refractivity contribution in [3.05, 3.63) is 86.2 Å². The predicted molar refractivity (Wildman–Crippen MR) is 132 cm³/mol. The molecule has 4 aromatic rings. The number of aryl methyl sites for hydroxylation is 1. The van der Waals surface area contributed by atoms with Crippen molar-refractivity contribution < 1.29 is 23.5 Å². The van der Waals surface area contributed by atoms with Crippen molar-refractivity contribution in [1.82, 2.24) is 4.98 Å². The second kappa shape index (κ2) is 8.99. The summed E-state index contributed by atoms with van der Waals surface area (Å²) in [6.07, 6.45) is 0. The third-order valence-electron chi connectivity index (χ3n) is 5.71. The first kappa shape index (κ1) is 22.8. The molecule has 0 fully saturated rings. The Bertz CT molecular complexity index is 1520. The van der Waals surface area contributed by atoms with E-state index in [0.29, 0.717) is 39.5 Å². The van der Waals surface area contributed by atoms with E-state index in [9.17, 15) is 14.4 Å². The number of hydrogen-bond acceptors (Lipinski definition) is 8. The molecule has 1 aliphatic rings. The van der Waals surface area contributed by atoms with Crippen molar-refractivity contribution in [3.63, 3.8) is 0 Å². The minimum Gasteiger partial charge on any atom is -0.494 e. The van der Waals surface area contributed by atoms with Crippen LogP contribution in [0.25, 0.3) is 11.0 Å². The normalized spacial score (nSPS) is 14.9. The molecule has 5 rings (SSSR count).